The fraction of sp³-hybridized carbons (Fsp3) is 0.200. The molecule has 174 valence electrons. The number of rotatable bonds is 8. The van der Waals surface area contributed by atoms with Crippen molar-refractivity contribution in [1.82, 2.24) is 9.78 Å². The molecule has 9 heteroatoms. The second kappa shape index (κ2) is 10.3. The average molecular weight is 478 g/mol. The summed E-state index contributed by atoms with van der Waals surface area (Å²) < 4.78 is 11.8. The van der Waals surface area contributed by atoms with Crippen molar-refractivity contribution in [3.8, 4) is 11.4 Å². The maximum absolute atomic E-state index is 13.5. The van der Waals surface area contributed by atoms with E-state index in [0.29, 0.717) is 28.4 Å². The van der Waals surface area contributed by atoms with Crippen molar-refractivity contribution in [3.63, 3.8) is 0 Å². The molecule has 0 aliphatic rings. The summed E-state index contributed by atoms with van der Waals surface area (Å²) in [5.41, 5.74) is 0.851. The maximum atomic E-state index is 13.5. The summed E-state index contributed by atoms with van der Waals surface area (Å²) >= 11 is 1.17. The Balaban J connectivity index is 1.78. The van der Waals surface area contributed by atoms with Crippen LogP contribution in [-0.4, -0.2) is 34.9 Å². The number of hydrogen-bond acceptors (Lipinski definition) is 7. The molecule has 0 unspecified atom stereocenters. The number of benzene rings is 2. The van der Waals surface area contributed by atoms with Crippen LogP contribution in [0, 0.1) is 0 Å². The van der Waals surface area contributed by atoms with E-state index < -0.39 is 11.5 Å². The Morgan fingerprint density at radius 2 is 1.76 bits per heavy atom. The van der Waals surface area contributed by atoms with Gasteiger partial charge in [-0.2, -0.15) is 9.78 Å². The van der Waals surface area contributed by atoms with Crippen LogP contribution in [0.1, 0.15) is 29.9 Å². The number of nitrogens with one attached hydrogen (secondary N) is 1. The van der Waals surface area contributed by atoms with Crippen molar-refractivity contribution in [2.75, 3.05) is 18.5 Å². The smallest absolute Gasteiger partial charge is 0.359 e. The monoisotopic (exact) mass is 477 g/mol. The molecule has 1 amide bonds. The molecule has 2 aromatic carbocycles. The number of amides is 1. The van der Waals surface area contributed by atoms with Gasteiger partial charge < -0.3 is 14.8 Å². The highest BCUT2D eigenvalue weighted by Gasteiger charge is 2.23. The first kappa shape index (κ1) is 23.2. The molecule has 0 spiro atoms. The first-order chi connectivity index (χ1) is 16.5. The number of esters is 1. The normalized spacial score (nSPS) is 10.8. The molecule has 0 saturated heterocycles. The molecule has 0 aliphatic heterocycles. The van der Waals surface area contributed by atoms with Crippen molar-refractivity contribution in [1.29, 1.82) is 0 Å². The molecule has 2 heterocycles. The fourth-order valence-electron chi connectivity index (χ4n) is 3.47. The SMILES string of the molecule is CCOC(=O)c1nn(-c2ccc(OCC)cc2)c(=O)c2c(NC(=O)Cc3ccccc3)scc12. The van der Waals surface area contributed by atoms with E-state index in [-0.39, 0.29) is 30.0 Å². The largest absolute Gasteiger partial charge is 0.494 e. The Bertz CT molecular complexity index is 1380. The van der Waals surface area contributed by atoms with Crippen LogP contribution in [0.25, 0.3) is 16.5 Å². The van der Waals surface area contributed by atoms with Crippen LogP contribution >= 0.6 is 11.3 Å². The molecule has 0 fully saturated rings. The predicted octanol–water partition coefficient (Wildman–Crippen LogP) is 4.20. The molecule has 8 nitrogen and oxygen atoms in total. The lowest BCUT2D eigenvalue weighted by Gasteiger charge is -2.11. The van der Waals surface area contributed by atoms with E-state index in [1.165, 1.54) is 11.3 Å². The third-order valence-corrected chi connectivity index (χ3v) is 5.87. The minimum Gasteiger partial charge on any atom is -0.494 e. The number of ether oxygens (including phenoxy) is 2. The van der Waals surface area contributed by atoms with E-state index in [0.717, 1.165) is 10.2 Å². The molecule has 1 N–H and O–H groups in total. The van der Waals surface area contributed by atoms with Gasteiger partial charge in [0, 0.05) is 10.8 Å². The molecule has 2 aromatic heterocycles. The van der Waals surface area contributed by atoms with E-state index in [4.69, 9.17) is 9.47 Å². The first-order valence-corrected chi connectivity index (χ1v) is 11.7. The molecule has 0 saturated carbocycles. The highest BCUT2D eigenvalue weighted by atomic mass is 32.1. The minimum absolute atomic E-state index is 0.00476. The lowest BCUT2D eigenvalue weighted by atomic mass is 10.1. The standard InChI is InChI=1S/C25H23N3O5S/c1-3-32-18-12-10-17(11-13-18)28-24(30)21-19(22(27-28)25(31)33-4-2)15-34-23(21)26-20(29)14-16-8-6-5-7-9-16/h5-13,15H,3-4,14H2,1-2H3,(H,26,29). The molecule has 0 atom stereocenters. The van der Waals surface area contributed by atoms with E-state index in [9.17, 15) is 14.4 Å². The zero-order valence-corrected chi connectivity index (χ0v) is 19.6. The molecule has 4 rings (SSSR count). The predicted molar refractivity (Wildman–Crippen MR) is 131 cm³/mol. The first-order valence-electron chi connectivity index (χ1n) is 10.8. The number of hydrogen-bond donors (Lipinski definition) is 1. The molecule has 0 bridgehead atoms. The van der Waals surface area contributed by atoms with Gasteiger partial charge >= 0.3 is 5.97 Å². The highest BCUT2D eigenvalue weighted by molar-refractivity contribution is 7.16. The zero-order valence-electron chi connectivity index (χ0n) is 18.7. The van der Waals surface area contributed by atoms with Gasteiger partial charge in [0.05, 0.1) is 30.7 Å². The number of carbonyl (C=O) groups excluding carboxylic acids is 2. The number of fused-ring (bicyclic) bond motifs is 1. The Morgan fingerprint density at radius 1 is 1.03 bits per heavy atom. The van der Waals surface area contributed by atoms with Gasteiger partial charge in [-0.05, 0) is 43.7 Å². The summed E-state index contributed by atoms with van der Waals surface area (Å²) in [6.45, 7) is 4.25. The van der Waals surface area contributed by atoms with Crippen LogP contribution in [0.4, 0.5) is 5.00 Å². The number of aromatic nitrogens is 2. The number of anilines is 1. The summed E-state index contributed by atoms with van der Waals surface area (Å²) in [4.78, 5) is 38.8. The molecular formula is C25H23N3O5S. The van der Waals surface area contributed by atoms with Crippen LogP contribution in [0.5, 0.6) is 5.75 Å². The van der Waals surface area contributed by atoms with Gasteiger partial charge in [-0.3, -0.25) is 9.59 Å². The lowest BCUT2D eigenvalue weighted by Crippen LogP contribution is -2.25. The summed E-state index contributed by atoms with van der Waals surface area (Å²) in [5, 5.41) is 9.67. The Hall–Kier alpha value is -3.98. The molecule has 34 heavy (non-hydrogen) atoms. The van der Waals surface area contributed by atoms with Crippen molar-refractivity contribution in [3.05, 3.63) is 81.6 Å². The number of thiophene rings is 1. The summed E-state index contributed by atoms with van der Waals surface area (Å²) in [6.07, 6.45) is 0.156. The molecule has 0 aliphatic carbocycles. The quantitative estimate of drug-likeness (QED) is 0.382. The van der Waals surface area contributed by atoms with Crippen LogP contribution in [0.3, 0.4) is 0 Å². The van der Waals surface area contributed by atoms with Gasteiger partial charge in [0.2, 0.25) is 5.91 Å². The van der Waals surface area contributed by atoms with Gasteiger partial charge in [-0.25, -0.2) is 4.79 Å². The summed E-state index contributed by atoms with van der Waals surface area (Å²) in [7, 11) is 0. The molecular weight excluding hydrogens is 454 g/mol. The highest BCUT2D eigenvalue weighted by Crippen LogP contribution is 2.31. The zero-order chi connectivity index (χ0) is 24.1. The van der Waals surface area contributed by atoms with Gasteiger partial charge in [-0.15, -0.1) is 11.3 Å². The topological polar surface area (TPSA) is 99.5 Å². The van der Waals surface area contributed by atoms with Crippen molar-refractivity contribution >= 4 is 39.0 Å². The fourth-order valence-corrected chi connectivity index (χ4v) is 4.42. The van der Waals surface area contributed by atoms with E-state index in [1.54, 1.807) is 36.6 Å². The van der Waals surface area contributed by atoms with Gasteiger partial charge in [0.1, 0.15) is 10.8 Å². The van der Waals surface area contributed by atoms with Crippen LogP contribution in [-0.2, 0) is 16.0 Å². The van der Waals surface area contributed by atoms with Gasteiger partial charge in [-0.1, -0.05) is 30.3 Å². The van der Waals surface area contributed by atoms with Crippen LogP contribution < -0.4 is 15.6 Å². The third kappa shape index (κ3) is 4.84. The van der Waals surface area contributed by atoms with Gasteiger partial charge in [0.15, 0.2) is 5.69 Å². The summed E-state index contributed by atoms with van der Waals surface area (Å²) in [6, 6.07) is 16.1. The summed E-state index contributed by atoms with van der Waals surface area (Å²) in [5.74, 6) is -0.265. The van der Waals surface area contributed by atoms with E-state index >= 15 is 0 Å². The Kier molecular flexibility index (Phi) is 7.03. The number of carbonyl (C=O) groups is 2. The maximum Gasteiger partial charge on any atom is 0.359 e. The van der Waals surface area contributed by atoms with Crippen molar-refractivity contribution in [2.45, 2.75) is 20.3 Å². The van der Waals surface area contributed by atoms with E-state index in [2.05, 4.69) is 10.4 Å². The van der Waals surface area contributed by atoms with Crippen molar-refractivity contribution < 1.29 is 19.1 Å². The van der Waals surface area contributed by atoms with Crippen LogP contribution in [0.2, 0.25) is 0 Å². The van der Waals surface area contributed by atoms with Crippen LogP contribution in [0.15, 0.2) is 64.8 Å². The van der Waals surface area contributed by atoms with E-state index in [1.807, 2.05) is 37.3 Å². The average Bonchev–Trinajstić information content (AvgIpc) is 3.25. The third-order valence-electron chi connectivity index (χ3n) is 4.97. The molecule has 4 aromatic rings. The van der Waals surface area contributed by atoms with Gasteiger partial charge in [0.25, 0.3) is 5.56 Å². The number of nitrogens with zero attached hydrogens (tertiary/aromatic N) is 2. The lowest BCUT2D eigenvalue weighted by molar-refractivity contribution is -0.115. The Labute approximate surface area is 199 Å². The Morgan fingerprint density at radius 3 is 2.44 bits per heavy atom. The second-order valence-corrected chi connectivity index (χ2v) is 8.16. The second-order valence-electron chi connectivity index (χ2n) is 7.28. The van der Waals surface area contributed by atoms with Crippen molar-refractivity contribution in [2.24, 2.45) is 0 Å². The minimum atomic E-state index is -0.646. The molecule has 0 radical (unpaired) electrons.